The third-order valence-corrected chi connectivity index (χ3v) is 6.16. The number of nitrogens with one attached hydrogen (secondary N) is 1. The highest BCUT2D eigenvalue weighted by Crippen LogP contribution is 2.48. The number of thioether (sulfide) groups is 1. The molecule has 2 atom stereocenters. The standard InChI is InChI=1S/C20H15N3O2S/c24-18(22-13-9-12-5-1-4-8-16(12)21-10-13)17-11-26-20-15-7-3-2-6-14(15)19(25)23(17)20/h1-10,17,20H,11H2,(H,22,24)/t17-,20?/m0/s1. The molecule has 3 aromatic rings. The third kappa shape index (κ3) is 2.29. The number of aromatic nitrogens is 1. The largest absolute Gasteiger partial charge is 0.323 e. The van der Waals surface area contributed by atoms with Gasteiger partial charge in [0.05, 0.1) is 17.4 Å². The van der Waals surface area contributed by atoms with Crippen molar-refractivity contribution in [1.29, 1.82) is 0 Å². The quantitative estimate of drug-likeness (QED) is 0.759. The van der Waals surface area contributed by atoms with Gasteiger partial charge in [-0.15, -0.1) is 11.8 Å². The number of para-hydroxylation sites is 1. The van der Waals surface area contributed by atoms with Gasteiger partial charge in [0.2, 0.25) is 5.91 Å². The van der Waals surface area contributed by atoms with Gasteiger partial charge in [-0.25, -0.2) is 0 Å². The summed E-state index contributed by atoms with van der Waals surface area (Å²) in [5, 5.41) is 3.83. The summed E-state index contributed by atoms with van der Waals surface area (Å²) in [6.07, 6.45) is 1.65. The molecule has 1 aromatic heterocycles. The number of benzene rings is 2. The lowest BCUT2D eigenvalue weighted by molar-refractivity contribution is -0.119. The third-order valence-electron chi connectivity index (χ3n) is 4.85. The molecule has 5 rings (SSSR count). The molecule has 0 saturated carbocycles. The van der Waals surface area contributed by atoms with Crippen LogP contribution in [0.3, 0.4) is 0 Å². The minimum absolute atomic E-state index is 0.0626. The Morgan fingerprint density at radius 1 is 1.15 bits per heavy atom. The van der Waals surface area contributed by atoms with E-state index in [0.717, 1.165) is 16.5 Å². The molecule has 2 aliphatic heterocycles. The summed E-state index contributed by atoms with van der Waals surface area (Å²) >= 11 is 1.64. The maximum absolute atomic E-state index is 12.8. The molecule has 1 unspecified atom stereocenters. The van der Waals surface area contributed by atoms with Gasteiger partial charge in [0.15, 0.2) is 0 Å². The van der Waals surface area contributed by atoms with Crippen molar-refractivity contribution in [3.05, 3.63) is 71.9 Å². The zero-order chi connectivity index (χ0) is 17.7. The highest BCUT2D eigenvalue weighted by molar-refractivity contribution is 7.99. The number of rotatable bonds is 2. The van der Waals surface area contributed by atoms with Crippen LogP contribution in [0.1, 0.15) is 21.3 Å². The van der Waals surface area contributed by atoms with E-state index < -0.39 is 6.04 Å². The Labute approximate surface area is 154 Å². The van der Waals surface area contributed by atoms with E-state index in [-0.39, 0.29) is 17.2 Å². The zero-order valence-electron chi connectivity index (χ0n) is 13.8. The van der Waals surface area contributed by atoms with E-state index in [9.17, 15) is 9.59 Å². The second-order valence-corrected chi connectivity index (χ2v) is 7.52. The first-order valence-corrected chi connectivity index (χ1v) is 9.46. The molecule has 3 heterocycles. The molecule has 1 N–H and O–H groups in total. The van der Waals surface area contributed by atoms with Crippen molar-refractivity contribution < 1.29 is 9.59 Å². The van der Waals surface area contributed by atoms with Crippen molar-refractivity contribution in [3.8, 4) is 0 Å². The summed E-state index contributed by atoms with van der Waals surface area (Å²) in [6.45, 7) is 0. The maximum atomic E-state index is 12.8. The first-order chi connectivity index (χ1) is 12.7. The lowest BCUT2D eigenvalue weighted by Gasteiger charge is -2.22. The number of amides is 2. The number of carbonyl (C=O) groups excluding carboxylic acids is 2. The summed E-state index contributed by atoms with van der Waals surface area (Å²) in [4.78, 5) is 31.7. The smallest absolute Gasteiger partial charge is 0.256 e. The minimum Gasteiger partial charge on any atom is -0.323 e. The second-order valence-electron chi connectivity index (χ2n) is 6.41. The van der Waals surface area contributed by atoms with Crippen molar-refractivity contribution in [2.75, 3.05) is 11.1 Å². The van der Waals surface area contributed by atoms with Crippen LogP contribution >= 0.6 is 11.8 Å². The van der Waals surface area contributed by atoms with Crippen LogP contribution in [-0.2, 0) is 4.79 Å². The predicted octanol–water partition coefficient (Wildman–Crippen LogP) is 3.44. The molecule has 0 spiro atoms. The monoisotopic (exact) mass is 361 g/mol. The van der Waals surface area contributed by atoms with Crippen LogP contribution < -0.4 is 5.32 Å². The van der Waals surface area contributed by atoms with Crippen LogP contribution in [0.25, 0.3) is 10.9 Å². The average molecular weight is 361 g/mol. The Kier molecular flexibility index (Phi) is 3.46. The number of hydrogen-bond acceptors (Lipinski definition) is 4. The van der Waals surface area contributed by atoms with E-state index in [1.54, 1.807) is 22.9 Å². The van der Waals surface area contributed by atoms with E-state index in [0.29, 0.717) is 17.0 Å². The number of pyridine rings is 1. The number of hydrogen-bond donors (Lipinski definition) is 1. The van der Waals surface area contributed by atoms with Crippen molar-refractivity contribution in [3.63, 3.8) is 0 Å². The SMILES string of the molecule is O=C(Nc1cnc2ccccc2c1)[C@@H]1CSC2c3ccccc3C(=O)N21. The topological polar surface area (TPSA) is 62.3 Å². The van der Waals surface area contributed by atoms with Gasteiger partial charge in [0.25, 0.3) is 5.91 Å². The molecule has 0 radical (unpaired) electrons. The number of nitrogens with zero attached hydrogens (tertiary/aromatic N) is 2. The average Bonchev–Trinajstić information content (AvgIpc) is 3.22. The van der Waals surface area contributed by atoms with Crippen LogP contribution in [0.15, 0.2) is 60.8 Å². The van der Waals surface area contributed by atoms with Crippen LogP contribution in [0.5, 0.6) is 0 Å². The van der Waals surface area contributed by atoms with Crippen molar-refractivity contribution in [2.24, 2.45) is 0 Å². The van der Waals surface area contributed by atoms with Gasteiger partial charge in [0.1, 0.15) is 11.4 Å². The van der Waals surface area contributed by atoms with E-state index in [1.165, 1.54) is 0 Å². The van der Waals surface area contributed by atoms with Gasteiger partial charge in [-0.1, -0.05) is 36.4 Å². The fourth-order valence-electron chi connectivity index (χ4n) is 3.61. The van der Waals surface area contributed by atoms with Gasteiger partial charge in [-0.3, -0.25) is 14.6 Å². The van der Waals surface area contributed by atoms with Crippen LogP contribution in [0.4, 0.5) is 5.69 Å². The first kappa shape index (κ1) is 15.4. The van der Waals surface area contributed by atoms with Crippen LogP contribution in [0.2, 0.25) is 0 Å². The Morgan fingerprint density at radius 3 is 2.88 bits per heavy atom. The molecule has 2 aromatic carbocycles. The number of fused-ring (bicyclic) bond motifs is 4. The Balaban J connectivity index is 1.40. The molecule has 6 heteroatoms. The molecule has 5 nitrogen and oxygen atoms in total. The summed E-state index contributed by atoms with van der Waals surface area (Å²) in [7, 11) is 0. The molecule has 26 heavy (non-hydrogen) atoms. The molecular formula is C20H15N3O2S. The Hall–Kier alpha value is -2.86. The summed E-state index contributed by atoms with van der Waals surface area (Å²) in [5.41, 5.74) is 3.23. The molecule has 1 saturated heterocycles. The normalized spacial score (nSPS) is 20.9. The zero-order valence-corrected chi connectivity index (χ0v) is 14.6. The van der Waals surface area contributed by atoms with Crippen molar-refractivity contribution >= 4 is 40.2 Å². The molecule has 2 aliphatic rings. The van der Waals surface area contributed by atoms with Gasteiger partial charge < -0.3 is 10.2 Å². The van der Waals surface area contributed by atoms with E-state index in [4.69, 9.17) is 0 Å². The summed E-state index contributed by atoms with van der Waals surface area (Å²) in [5.74, 6) is 0.364. The highest BCUT2D eigenvalue weighted by atomic mass is 32.2. The second kappa shape index (κ2) is 5.85. The van der Waals surface area contributed by atoms with E-state index in [2.05, 4.69) is 10.3 Å². The lowest BCUT2D eigenvalue weighted by atomic mass is 10.1. The number of carbonyl (C=O) groups is 2. The Morgan fingerprint density at radius 2 is 1.96 bits per heavy atom. The van der Waals surface area contributed by atoms with Crippen molar-refractivity contribution in [1.82, 2.24) is 9.88 Å². The Bertz CT molecular complexity index is 1050. The van der Waals surface area contributed by atoms with Crippen LogP contribution in [-0.4, -0.2) is 33.5 Å². The van der Waals surface area contributed by atoms with Gasteiger partial charge in [0, 0.05) is 16.7 Å². The molecule has 2 amide bonds. The first-order valence-electron chi connectivity index (χ1n) is 8.41. The van der Waals surface area contributed by atoms with Gasteiger partial charge in [-0.05, 0) is 23.8 Å². The predicted molar refractivity (Wildman–Crippen MR) is 102 cm³/mol. The fourth-order valence-corrected chi connectivity index (χ4v) is 5.07. The molecular weight excluding hydrogens is 346 g/mol. The number of anilines is 1. The molecule has 1 fully saturated rings. The molecule has 0 bridgehead atoms. The summed E-state index contributed by atoms with van der Waals surface area (Å²) in [6, 6.07) is 16.8. The lowest BCUT2D eigenvalue weighted by Crippen LogP contribution is -2.42. The van der Waals surface area contributed by atoms with Gasteiger partial charge in [-0.2, -0.15) is 0 Å². The summed E-state index contributed by atoms with van der Waals surface area (Å²) < 4.78 is 0. The minimum atomic E-state index is -0.476. The fraction of sp³-hybridized carbons (Fsp3) is 0.150. The van der Waals surface area contributed by atoms with Gasteiger partial charge >= 0.3 is 0 Å². The molecule has 0 aliphatic carbocycles. The van der Waals surface area contributed by atoms with E-state index in [1.807, 2.05) is 54.6 Å². The van der Waals surface area contributed by atoms with Crippen LogP contribution in [0, 0.1) is 0 Å². The van der Waals surface area contributed by atoms with E-state index >= 15 is 0 Å². The highest BCUT2D eigenvalue weighted by Gasteiger charge is 2.48. The molecule has 128 valence electrons. The van der Waals surface area contributed by atoms with Crippen molar-refractivity contribution in [2.45, 2.75) is 11.4 Å². The maximum Gasteiger partial charge on any atom is 0.256 e.